The molecular formula is C27H28F3NO4. The highest BCUT2D eigenvalue weighted by atomic mass is 19.4. The monoisotopic (exact) mass is 487 g/mol. The standard InChI is InChI=1S/C27H28F3NO4/c1-17(2)14-33-23-12-11-22(20-9-4-5-10-21(20)23)31-25(32)26(3)15-34-24(35-16-26)18-7-6-8-19(13-18)27(28,29)30/h4-13,17,24H,14-16H2,1-3H3,(H,31,32). The maximum absolute atomic E-state index is 13.2. The van der Waals surface area contributed by atoms with Gasteiger partial charge in [0.15, 0.2) is 6.29 Å². The van der Waals surface area contributed by atoms with E-state index in [1.807, 2.05) is 30.3 Å². The van der Waals surface area contributed by atoms with E-state index in [0.29, 0.717) is 18.2 Å². The molecule has 0 atom stereocenters. The molecule has 1 fully saturated rings. The van der Waals surface area contributed by atoms with Gasteiger partial charge in [-0.15, -0.1) is 0 Å². The molecule has 1 aliphatic rings. The summed E-state index contributed by atoms with van der Waals surface area (Å²) in [5, 5.41) is 4.69. The third-order valence-electron chi connectivity index (χ3n) is 5.85. The summed E-state index contributed by atoms with van der Waals surface area (Å²) in [7, 11) is 0. The van der Waals surface area contributed by atoms with E-state index in [-0.39, 0.29) is 24.7 Å². The Bertz CT molecular complexity index is 1200. The van der Waals surface area contributed by atoms with Crippen LogP contribution in [0.5, 0.6) is 5.75 Å². The maximum atomic E-state index is 13.2. The Morgan fingerprint density at radius 3 is 2.40 bits per heavy atom. The smallest absolute Gasteiger partial charge is 0.416 e. The van der Waals surface area contributed by atoms with Gasteiger partial charge in [-0.25, -0.2) is 0 Å². The summed E-state index contributed by atoms with van der Waals surface area (Å²) >= 11 is 0. The molecule has 0 unspecified atom stereocenters. The molecule has 0 radical (unpaired) electrons. The molecule has 1 amide bonds. The molecule has 0 spiro atoms. The Balaban J connectivity index is 1.47. The predicted octanol–water partition coefficient (Wildman–Crippen LogP) is 6.58. The Hall–Kier alpha value is -3.10. The van der Waals surface area contributed by atoms with Crippen molar-refractivity contribution in [1.82, 2.24) is 0 Å². The summed E-state index contributed by atoms with van der Waals surface area (Å²) in [5.74, 6) is 0.812. The van der Waals surface area contributed by atoms with Crippen molar-refractivity contribution in [3.8, 4) is 5.75 Å². The van der Waals surface area contributed by atoms with Crippen LogP contribution < -0.4 is 10.1 Å². The minimum absolute atomic E-state index is 0.00669. The fourth-order valence-electron chi connectivity index (χ4n) is 3.83. The van der Waals surface area contributed by atoms with Crippen LogP contribution >= 0.6 is 0 Å². The van der Waals surface area contributed by atoms with E-state index in [2.05, 4.69) is 19.2 Å². The van der Waals surface area contributed by atoms with Gasteiger partial charge in [-0.05, 0) is 37.1 Å². The second kappa shape index (κ2) is 9.87. The van der Waals surface area contributed by atoms with Gasteiger partial charge in [0.25, 0.3) is 0 Å². The van der Waals surface area contributed by atoms with Crippen LogP contribution in [0.3, 0.4) is 0 Å². The van der Waals surface area contributed by atoms with Crippen molar-refractivity contribution < 1.29 is 32.2 Å². The fourth-order valence-corrected chi connectivity index (χ4v) is 3.83. The molecular weight excluding hydrogens is 459 g/mol. The lowest BCUT2D eigenvalue weighted by Crippen LogP contribution is -2.45. The molecule has 35 heavy (non-hydrogen) atoms. The number of ether oxygens (including phenoxy) is 3. The lowest BCUT2D eigenvalue weighted by Gasteiger charge is -2.36. The number of amides is 1. The summed E-state index contributed by atoms with van der Waals surface area (Å²) in [5.41, 5.74) is -0.915. The quantitative estimate of drug-likeness (QED) is 0.427. The molecule has 3 aromatic carbocycles. The normalized spacial score (nSPS) is 20.7. The van der Waals surface area contributed by atoms with Crippen LogP contribution in [0.15, 0.2) is 60.7 Å². The van der Waals surface area contributed by atoms with E-state index in [1.165, 1.54) is 12.1 Å². The van der Waals surface area contributed by atoms with Crippen molar-refractivity contribution in [3.63, 3.8) is 0 Å². The molecule has 0 saturated carbocycles. The van der Waals surface area contributed by atoms with E-state index < -0.39 is 23.4 Å². The van der Waals surface area contributed by atoms with E-state index >= 15 is 0 Å². The van der Waals surface area contributed by atoms with Gasteiger partial charge in [0.2, 0.25) is 5.91 Å². The number of hydrogen-bond acceptors (Lipinski definition) is 4. The summed E-state index contributed by atoms with van der Waals surface area (Å²) in [6, 6.07) is 16.1. The van der Waals surface area contributed by atoms with E-state index in [0.717, 1.165) is 28.7 Å². The Labute approximate surface area is 202 Å². The van der Waals surface area contributed by atoms with Gasteiger partial charge in [-0.1, -0.05) is 50.2 Å². The molecule has 0 aromatic heterocycles. The second-order valence-electron chi connectivity index (χ2n) is 9.45. The van der Waals surface area contributed by atoms with E-state index in [4.69, 9.17) is 14.2 Å². The third-order valence-corrected chi connectivity index (χ3v) is 5.85. The first-order chi connectivity index (χ1) is 16.6. The average Bonchev–Trinajstić information content (AvgIpc) is 2.83. The average molecular weight is 488 g/mol. The number of carbonyl (C=O) groups excluding carboxylic acids is 1. The third kappa shape index (κ3) is 5.60. The van der Waals surface area contributed by atoms with Crippen molar-refractivity contribution in [1.29, 1.82) is 0 Å². The molecule has 186 valence electrons. The zero-order valence-corrected chi connectivity index (χ0v) is 19.8. The fraction of sp³-hybridized carbons (Fsp3) is 0.370. The lowest BCUT2D eigenvalue weighted by molar-refractivity contribution is -0.226. The van der Waals surface area contributed by atoms with Gasteiger partial charge in [0.1, 0.15) is 5.75 Å². The van der Waals surface area contributed by atoms with Crippen molar-refractivity contribution in [2.75, 3.05) is 25.1 Å². The highest BCUT2D eigenvalue weighted by Crippen LogP contribution is 2.37. The SMILES string of the molecule is CC(C)COc1ccc(NC(=O)C2(C)COC(c3cccc(C(F)(F)F)c3)OC2)c2ccccc12. The van der Waals surface area contributed by atoms with Crippen LogP contribution in [0.25, 0.3) is 10.8 Å². The number of anilines is 1. The van der Waals surface area contributed by atoms with Gasteiger partial charge in [-0.3, -0.25) is 4.79 Å². The minimum atomic E-state index is -4.46. The predicted molar refractivity (Wildman–Crippen MR) is 127 cm³/mol. The number of fused-ring (bicyclic) bond motifs is 1. The number of carbonyl (C=O) groups is 1. The number of halogens is 3. The van der Waals surface area contributed by atoms with Crippen molar-refractivity contribution >= 4 is 22.4 Å². The highest BCUT2D eigenvalue weighted by Gasteiger charge is 2.40. The van der Waals surface area contributed by atoms with Crippen molar-refractivity contribution in [2.45, 2.75) is 33.2 Å². The summed E-state index contributed by atoms with van der Waals surface area (Å²) in [4.78, 5) is 13.2. The molecule has 3 aromatic rings. The van der Waals surface area contributed by atoms with Crippen molar-refractivity contribution in [2.24, 2.45) is 11.3 Å². The Kier molecular flexibility index (Phi) is 7.05. The van der Waals surface area contributed by atoms with Crippen LogP contribution in [0.1, 0.15) is 38.2 Å². The molecule has 8 heteroatoms. The van der Waals surface area contributed by atoms with Crippen molar-refractivity contribution in [3.05, 3.63) is 71.8 Å². The number of nitrogens with one attached hydrogen (secondary N) is 1. The highest BCUT2D eigenvalue weighted by molar-refractivity contribution is 6.05. The molecule has 0 bridgehead atoms. The molecule has 1 saturated heterocycles. The van der Waals surface area contributed by atoms with Crippen LogP contribution in [0.4, 0.5) is 18.9 Å². The largest absolute Gasteiger partial charge is 0.493 e. The number of hydrogen-bond donors (Lipinski definition) is 1. The van der Waals surface area contributed by atoms with Gasteiger partial charge in [-0.2, -0.15) is 13.2 Å². The number of alkyl halides is 3. The molecule has 1 heterocycles. The minimum Gasteiger partial charge on any atom is -0.493 e. The summed E-state index contributed by atoms with van der Waals surface area (Å²) < 4.78 is 56.5. The van der Waals surface area contributed by atoms with Crippen LogP contribution in [-0.4, -0.2) is 25.7 Å². The first-order valence-electron chi connectivity index (χ1n) is 11.4. The Morgan fingerprint density at radius 1 is 1.06 bits per heavy atom. The van der Waals surface area contributed by atoms with Gasteiger partial charge >= 0.3 is 6.18 Å². The van der Waals surface area contributed by atoms with Crippen LogP contribution in [-0.2, 0) is 20.4 Å². The van der Waals surface area contributed by atoms with E-state index in [9.17, 15) is 18.0 Å². The maximum Gasteiger partial charge on any atom is 0.416 e. The zero-order chi connectivity index (χ0) is 25.2. The molecule has 1 aliphatic heterocycles. The van der Waals surface area contributed by atoms with Crippen LogP contribution in [0, 0.1) is 11.3 Å². The van der Waals surface area contributed by atoms with E-state index in [1.54, 1.807) is 13.0 Å². The molecule has 5 nitrogen and oxygen atoms in total. The summed E-state index contributed by atoms with van der Waals surface area (Å²) in [6.45, 7) is 6.41. The molecule has 1 N–H and O–H groups in total. The molecule has 4 rings (SSSR count). The Morgan fingerprint density at radius 2 is 1.74 bits per heavy atom. The van der Waals surface area contributed by atoms with Gasteiger partial charge in [0, 0.05) is 22.0 Å². The van der Waals surface area contributed by atoms with Gasteiger partial charge in [0.05, 0.1) is 30.8 Å². The number of benzene rings is 3. The van der Waals surface area contributed by atoms with Crippen LogP contribution in [0.2, 0.25) is 0 Å². The summed E-state index contributed by atoms with van der Waals surface area (Å²) in [6.07, 6.45) is -5.44. The second-order valence-corrected chi connectivity index (χ2v) is 9.45. The lowest BCUT2D eigenvalue weighted by atomic mass is 9.90. The topological polar surface area (TPSA) is 56.8 Å². The molecule has 0 aliphatic carbocycles. The first kappa shape index (κ1) is 25.0. The number of rotatable bonds is 6. The van der Waals surface area contributed by atoms with Gasteiger partial charge < -0.3 is 19.5 Å². The first-order valence-corrected chi connectivity index (χ1v) is 11.4. The zero-order valence-electron chi connectivity index (χ0n) is 19.8.